The molecule has 1 amide bonds. The molecule has 126 valence electrons. The van der Waals surface area contributed by atoms with Gasteiger partial charge < -0.3 is 15.2 Å². The van der Waals surface area contributed by atoms with E-state index in [9.17, 15) is 14.4 Å². The number of hydrogen-bond acceptors (Lipinski definition) is 3. The summed E-state index contributed by atoms with van der Waals surface area (Å²) in [6.45, 7) is 7.11. The van der Waals surface area contributed by atoms with Gasteiger partial charge in [-0.05, 0) is 5.56 Å². The number of aliphatic carboxylic acids is 1. The van der Waals surface area contributed by atoms with Gasteiger partial charge in [-0.25, -0.2) is 0 Å². The minimum Gasteiger partial charge on any atom is -0.520 e. The summed E-state index contributed by atoms with van der Waals surface area (Å²) in [5, 5.41) is 11.1. The summed E-state index contributed by atoms with van der Waals surface area (Å²) in [4.78, 5) is 33.4. The zero-order valence-corrected chi connectivity index (χ0v) is 14.6. The van der Waals surface area contributed by atoms with Crippen molar-refractivity contribution < 1.29 is 19.5 Å². The standard InChI is InChI=1S/C17H16NO4.Fm/c1-3-5-13(4-2)16(20)14-8-6-12(7-9-14)10-15(17(21)22)18-11-19;/h3-9,15H,1-2,10H2,(H,18,19)(H,21,22);/q-1;/b13-5+;. The number of rotatable bonds is 9. The number of carboxylic acid groups (broad SMARTS) is 1. The Morgan fingerprint density at radius 1 is 1.26 bits per heavy atom. The average Bonchev–Trinajstić information content (AvgIpc) is 2.52. The Morgan fingerprint density at radius 3 is 2.30 bits per heavy atom. The second-order valence-corrected chi connectivity index (χ2v) is 4.43. The number of carbonyl (C=O) groups excluding carboxylic acids is 2. The van der Waals surface area contributed by atoms with Gasteiger partial charge in [-0.2, -0.15) is 6.41 Å². The van der Waals surface area contributed by atoms with Crippen LogP contribution in [0.1, 0.15) is 15.9 Å². The molecule has 0 aliphatic carbocycles. The molecule has 0 heterocycles. The van der Waals surface area contributed by atoms with Gasteiger partial charge in [0.25, 0.3) is 0 Å². The molecule has 23 heavy (non-hydrogen) atoms. The number of Topliss-reactive ketones (excluding diaryl/α,β-unsaturated/α-hetero) is 1. The van der Waals surface area contributed by atoms with Gasteiger partial charge in [-0.15, -0.1) is 0 Å². The molecule has 0 saturated carbocycles. The number of ketones is 1. The van der Waals surface area contributed by atoms with E-state index in [1.54, 1.807) is 30.3 Å². The van der Waals surface area contributed by atoms with Gasteiger partial charge in [0.2, 0.25) is 0 Å². The fraction of sp³-hybridized carbons (Fsp3) is 0.118. The van der Waals surface area contributed by atoms with Gasteiger partial charge in [0.1, 0.15) is 6.04 Å². The third-order valence-electron chi connectivity index (χ3n) is 2.97. The van der Waals surface area contributed by atoms with Crippen molar-refractivity contribution in [3.8, 4) is 0 Å². The van der Waals surface area contributed by atoms with Crippen molar-refractivity contribution in [1.82, 2.24) is 5.32 Å². The predicted molar refractivity (Wildman–Crippen MR) is 83.2 cm³/mol. The molecule has 6 heteroatoms. The number of benzene rings is 1. The van der Waals surface area contributed by atoms with Crippen LogP contribution in [0, 0.1) is 0 Å². The zero-order valence-electron chi connectivity index (χ0n) is 12.2. The van der Waals surface area contributed by atoms with E-state index in [1.165, 1.54) is 18.6 Å². The SMILES string of the molecule is C=C/C=C(\C=C)C(=O)c1ccc(CC(N[C-]=O)C(=O)O)cc1.[Fm]. The van der Waals surface area contributed by atoms with Crippen molar-refractivity contribution in [3.05, 3.63) is 72.4 Å². The monoisotopic (exact) mass is 555 g/mol. The maximum Gasteiger partial charge on any atom is 0.323 e. The van der Waals surface area contributed by atoms with E-state index in [1.807, 2.05) is 0 Å². The number of amides is 1. The van der Waals surface area contributed by atoms with E-state index in [-0.39, 0.29) is 12.2 Å². The van der Waals surface area contributed by atoms with E-state index in [0.717, 1.165) is 0 Å². The van der Waals surface area contributed by atoms with Crippen molar-refractivity contribution in [2.45, 2.75) is 12.5 Å². The molecular formula is C17H16FmNO4-. The zero-order chi connectivity index (χ0) is 16.5. The molecule has 0 bridgehead atoms. The maximum absolute atomic E-state index is 12.2. The first kappa shape index (κ1) is 19.1. The van der Waals surface area contributed by atoms with E-state index in [4.69, 9.17) is 5.11 Å². The third kappa shape index (κ3) is 5.15. The fourth-order valence-corrected chi connectivity index (χ4v) is 1.83. The first-order valence-electron chi connectivity index (χ1n) is 6.47. The first-order chi connectivity index (χ1) is 10.5. The molecular weight excluding hydrogens is 539 g/mol. The van der Waals surface area contributed by atoms with E-state index < -0.39 is 12.0 Å². The van der Waals surface area contributed by atoms with Crippen molar-refractivity contribution >= 4 is 18.2 Å². The van der Waals surface area contributed by atoms with E-state index in [0.29, 0.717) is 16.7 Å². The molecule has 0 spiro atoms. The summed E-state index contributed by atoms with van der Waals surface area (Å²) in [5.41, 5.74) is 1.56. The van der Waals surface area contributed by atoms with Crippen LogP contribution in [0.4, 0.5) is 0 Å². The molecule has 1 atom stereocenters. The van der Waals surface area contributed by atoms with Crippen LogP contribution < -0.4 is 5.32 Å². The molecule has 1 aromatic carbocycles. The van der Waals surface area contributed by atoms with Crippen LogP contribution in [-0.4, -0.2) is 29.3 Å². The summed E-state index contributed by atoms with van der Waals surface area (Å²) in [5.74, 6) is -1.35. The molecule has 1 rings (SSSR count). The number of carboxylic acids is 1. The number of carbonyl (C=O) groups is 2. The summed E-state index contributed by atoms with van der Waals surface area (Å²) < 4.78 is 0. The van der Waals surface area contributed by atoms with Crippen LogP contribution in [0.3, 0.4) is 0 Å². The van der Waals surface area contributed by atoms with Gasteiger partial charge in [0.15, 0.2) is 5.78 Å². The van der Waals surface area contributed by atoms with Crippen LogP contribution in [0.15, 0.2) is 61.2 Å². The second kappa shape index (κ2) is 9.07. The van der Waals surface area contributed by atoms with Crippen LogP contribution in [0.5, 0.6) is 0 Å². The number of hydrogen-bond donors (Lipinski definition) is 2. The summed E-state index contributed by atoms with van der Waals surface area (Å²) in [6.07, 6.45) is 5.99. The third-order valence-corrected chi connectivity index (χ3v) is 2.97. The number of allylic oxidation sites excluding steroid dienone is 4. The summed E-state index contributed by atoms with van der Waals surface area (Å²) in [7, 11) is 0. The van der Waals surface area contributed by atoms with Crippen LogP contribution in [0.25, 0.3) is 0 Å². The van der Waals surface area contributed by atoms with E-state index in [2.05, 4.69) is 18.5 Å². The van der Waals surface area contributed by atoms with Crippen molar-refractivity contribution in [2.24, 2.45) is 0 Å². The maximum atomic E-state index is 12.2. The molecule has 1 aromatic rings. The average molecular weight is 555 g/mol. The fourth-order valence-electron chi connectivity index (χ4n) is 1.83. The van der Waals surface area contributed by atoms with Crippen molar-refractivity contribution in [3.63, 3.8) is 0 Å². The molecule has 0 aromatic heterocycles. The Morgan fingerprint density at radius 2 is 1.87 bits per heavy atom. The summed E-state index contributed by atoms with van der Waals surface area (Å²) in [6, 6.07) is 5.43. The van der Waals surface area contributed by atoms with Gasteiger partial charge in [-0.3, -0.25) is 9.59 Å². The molecule has 0 saturated heterocycles. The minimum atomic E-state index is -1.15. The quantitative estimate of drug-likeness (QED) is 0.160. The number of nitrogens with one attached hydrogen (secondary N) is 1. The Hall–Kier alpha value is -3.95. The van der Waals surface area contributed by atoms with Gasteiger partial charge in [0.05, 0.1) is 0 Å². The molecule has 1 unspecified atom stereocenters. The molecule has 2 N–H and O–H groups in total. The van der Waals surface area contributed by atoms with Gasteiger partial charge >= 0.3 is 5.97 Å². The molecule has 0 aliphatic heterocycles. The molecule has 0 fully saturated rings. The van der Waals surface area contributed by atoms with Crippen LogP contribution in [-0.2, 0) is 16.0 Å². The van der Waals surface area contributed by atoms with Gasteiger partial charge in [0, 0.05) is 17.6 Å². The molecule has 5 nitrogen and oxygen atoms in total. The van der Waals surface area contributed by atoms with Crippen LogP contribution >= 0.6 is 0 Å². The normalized spacial score (nSPS) is 11.6. The predicted octanol–water partition coefficient (Wildman–Crippen LogP) is 1.82. The molecule has 0 aliphatic rings. The smallest absolute Gasteiger partial charge is 0.323 e. The Bertz CT molecular complexity index is 620. The topological polar surface area (TPSA) is 83.5 Å². The first-order valence-corrected chi connectivity index (χ1v) is 6.47. The minimum absolute atomic E-state index is 0. The van der Waals surface area contributed by atoms with E-state index >= 15 is 0 Å². The molecule has 0 radical (unpaired) electrons. The van der Waals surface area contributed by atoms with Crippen molar-refractivity contribution in [2.75, 3.05) is 0 Å². The Balaban J connectivity index is 0.00000484. The van der Waals surface area contributed by atoms with Crippen molar-refractivity contribution in [1.29, 1.82) is 0 Å². The van der Waals surface area contributed by atoms with Crippen LogP contribution in [0.2, 0.25) is 0 Å². The van der Waals surface area contributed by atoms with Gasteiger partial charge in [-0.1, -0.05) is 55.7 Å². The Labute approximate surface area is 128 Å². The summed E-state index contributed by atoms with van der Waals surface area (Å²) >= 11 is 0. The largest absolute Gasteiger partial charge is 0.520 e. The second-order valence-electron chi connectivity index (χ2n) is 4.43. The Kier molecular flexibility index (Phi) is 7.51.